The number of benzene rings is 3. The van der Waals surface area contributed by atoms with Gasteiger partial charge < -0.3 is 19.5 Å². The van der Waals surface area contributed by atoms with Gasteiger partial charge in [-0.05, 0) is 41.5 Å². The number of hydrogen-bond donors (Lipinski definition) is 1. The Morgan fingerprint density at radius 1 is 0.971 bits per heavy atom. The first-order valence-electron chi connectivity index (χ1n) is 10.9. The lowest BCUT2D eigenvalue weighted by atomic mass is 9.95. The molecule has 9 nitrogen and oxygen atoms in total. The van der Waals surface area contributed by atoms with Crippen LogP contribution in [0.5, 0.6) is 11.5 Å². The molecule has 2 aliphatic rings. The number of carbonyl (C=O) groups excluding carboxylic acids is 2. The van der Waals surface area contributed by atoms with Gasteiger partial charge in [0.1, 0.15) is 19.0 Å². The van der Waals surface area contributed by atoms with Crippen LogP contribution in [0.25, 0.3) is 5.76 Å². The van der Waals surface area contributed by atoms with E-state index in [2.05, 4.69) is 0 Å². The van der Waals surface area contributed by atoms with Crippen molar-refractivity contribution in [1.82, 2.24) is 4.90 Å². The lowest BCUT2D eigenvalue weighted by Crippen LogP contribution is -2.29. The first-order valence-corrected chi connectivity index (χ1v) is 10.9. The maximum atomic E-state index is 13.2. The number of Topliss-reactive ketones (excluding diaryl/α,β-unsaturated/α-hetero) is 1. The smallest absolute Gasteiger partial charge is 0.295 e. The van der Waals surface area contributed by atoms with Crippen molar-refractivity contribution in [3.8, 4) is 11.5 Å². The van der Waals surface area contributed by atoms with Crippen LogP contribution in [-0.4, -0.2) is 39.8 Å². The highest BCUT2D eigenvalue weighted by atomic mass is 16.6. The minimum absolute atomic E-state index is 0.100. The number of ether oxygens (including phenoxy) is 2. The normalized spacial score (nSPS) is 18.5. The molecule has 2 aliphatic heterocycles. The molecule has 1 atom stereocenters. The molecule has 5 rings (SSSR count). The number of hydrogen-bond acceptors (Lipinski definition) is 7. The zero-order chi connectivity index (χ0) is 24.5. The average molecular weight is 472 g/mol. The van der Waals surface area contributed by atoms with Crippen molar-refractivity contribution in [2.24, 2.45) is 0 Å². The summed E-state index contributed by atoms with van der Waals surface area (Å²) in [6, 6.07) is 18.6. The van der Waals surface area contributed by atoms with Gasteiger partial charge in [0.2, 0.25) is 0 Å². The molecule has 1 amide bonds. The SMILES string of the molecule is O=C1C(=O)N(Cc2ccccc2)[C@H](c2ccc([N+](=O)[O-])cc2)/C1=C(\O)c1ccc2c(c1)OCCO2. The van der Waals surface area contributed by atoms with Crippen LogP contribution in [0.1, 0.15) is 22.7 Å². The molecule has 1 saturated heterocycles. The predicted molar refractivity (Wildman–Crippen MR) is 125 cm³/mol. The highest BCUT2D eigenvalue weighted by Crippen LogP contribution is 2.42. The number of likely N-dealkylation sites (tertiary alicyclic amines) is 1. The molecular formula is C26H20N2O7. The van der Waals surface area contributed by atoms with Crippen LogP contribution >= 0.6 is 0 Å². The molecule has 9 heteroatoms. The van der Waals surface area contributed by atoms with E-state index in [-0.39, 0.29) is 23.6 Å². The van der Waals surface area contributed by atoms with Gasteiger partial charge in [-0.2, -0.15) is 0 Å². The molecule has 3 aromatic rings. The summed E-state index contributed by atoms with van der Waals surface area (Å²) in [5.41, 5.74) is 1.32. The monoisotopic (exact) mass is 472 g/mol. The Bertz CT molecular complexity index is 1350. The molecule has 1 N–H and O–H groups in total. The number of rotatable bonds is 5. The van der Waals surface area contributed by atoms with Gasteiger partial charge in [-0.3, -0.25) is 19.7 Å². The van der Waals surface area contributed by atoms with Gasteiger partial charge in [-0.15, -0.1) is 0 Å². The number of aliphatic hydroxyl groups is 1. The van der Waals surface area contributed by atoms with E-state index in [0.717, 1.165) is 5.56 Å². The standard InChI is InChI=1S/C26H20N2O7/c29-24(18-8-11-20-21(14-18)35-13-12-34-20)22-23(17-6-9-19(10-7-17)28(32)33)27(26(31)25(22)30)15-16-4-2-1-3-5-16/h1-11,14,23,29H,12-13,15H2/b24-22+/t23-/m1/s1. The Kier molecular flexibility index (Phi) is 5.66. The summed E-state index contributed by atoms with van der Waals surface area (Å²) in [4.78, 5) is 38.3. The minimum atomic E-state index is -0.941. The van der Waals surface area contributed by atoms with Crippen molar-refractivity contribution in [3.63, 3.8) is 0 Å². The van der Waals surface area contributed by atoms with E-state index in [1.807, 2.05) is 30.3 Å². The Hall–Kier alpha value is -4.66. The number of amides is 1. The summed E-state index contributed by atoms with van der Waals surface area (Å²) in [5.74, 6) is -1.03. The average Bonchev–Trinajstić information content (AvgIpc) is 3.13. The third-order valence-corrected chi connectivity index (χ3v) is 5.97. The fourth-order valence-corrected chi connectivity index (χ4v) is 4.29. The molecule has 0 radical (unpaired) electrons. The van der Waals surface area contributed by atoms with E-state index in [1.54, 1.807) is 18.2 Å². The van der Waals surface area contributed by atoms with Crippen molar-refractivity contribution in [2.45, 2.75) is 12.6 Å². The number of ketones is 1. The van der Waals surface area contributed by atoms with E-state index in [9.17, 15) is 24.8 Å². The number of nitrogens with zero attached hydrogens (tertiary/aromatic N) is 2. The second kappa shape index (κ2) is 8.94. The van der Waals surface area contributed by atoms with Crippen LogP contribution in [0.15, 0.2) is 78.4 Å². The zero-order valence-electron chi connectivity index (χ0n) is 18.4. The number of aliphatic hydroxyl groups excluding tert-OH is 1. The second-order valence-electron chi connectivity index (χ2n) is 8.12. The molecule has 0 aromatic heterocycles. The zero-order valence-corrected chi connectivity index (χ0v) is 18.4. The predicted octanol–water partition coefficient (Wildman–Crippen LogP) is 3.99. The summed E-state index contributed by atoms with van der Waals surface area (Å²) in [6.45, 7) is 0.871. The summed E-state index contributed by atoms with van der Waals surface area (Å²) in [5, 5.41) is 22.4. The third-order valence-electron chi connectivity index (χ3n) is 5.97. The van der Waals surface area contributed by atoms with E-state index < -0.39 is 22.7 Å². The van der Waals surface area contributed by atoms with Gasteiger partial charge in [-0.25, -0.2) is 0 Å². The Labute approximate surface area is 200 Å². The Balaban J connectivity index is 1.63. The number of nitro groups is 1. The topological polar surface area (TPSA) is 119 Å². The van der Waals surface area contributed by atoms with Crippen molar-refractivity contribution >= 4 is 23.1 Å². The van der Waals surface area contributed by atoms with Gasteiger partial charge in [0, 0.05) is 24.2 Å². The Morgan fingerprint density at radius 3 is 2.34 bits per heavy atom. The molecule has 1 fully saturated rings. The van der Waals surface area contributed by atoms with Crippen LogP contribution in [0.2, 0.25) is 0 Å². The van der Waals surface area contributed by atoms with Gasteiger partial charge in [-0.1, -0.05) is 30.3 Å². The highest BCUT2D eigenvalue weighted by Gasteiger charge is 2.46. The molecule has 35 heavy (non-hydrogen) atoms. The van der Waals surface area contributed by atoms with E-state index in [0.29, 0.717) is 35.8 Å². The summed E-state index contributed by atoms with van der Waals surface area (Å²) < 4.78 is 11.1. The van der Waals surface area contributed by atoms with Gasteiger partial charge >= 0.3 is 0 Å². The summed E-state index contributed by atoms with van der Waals surface area (Å²) in [7, 11) is 0. The number of fused-ring (bicyclic) bond motifs is 1. The summed E-state index contributed by atoms with van der Waals surface area (Å²) in [6.07, 6.45) is 0. The fraction of sp³-hybridized carbons (Fsp3) is 0.154. The lowest BCUT2D eigenvalue weighted by Gasteiger charge is -2.25. The molecule has 3 aromatic carbocycles. The maximum Gasteiger partial charge on any atom is 0.295 e. The second-order valence-corrected chi connectivity index (χ2v) is 8.12. The maximum absolute atomic E-state index is 13.2. The van der Waals surface area contributed by atoms with Crippen molar-refractivity contribution < 1.29 is 29.1 Å². The molecule has 176 valence electrons. The van der Waals surface area contributed by atoms with Crippen molar-refractivity contribution in [3.05, 3.63) is 105 Å². The molecular weight excluding hydrogens is 452 g/mol. The van der Waals surface area contributed by atoms with Crippen LogP contribution in [0, 0.1) is 10.1 Å². The molecule has 0 spiro atoms. The minimum Gasteiger partial charge on any atom is -0.507 e. The lowest BCUT2D eigenvalue weighted by molar-refractivity contribution is -0.384. The van der Waals surface area contributed by atoms with Crippen molar-refractivity contribution in [2.75, 3.05) is 13.2 Å². The number of non-ortho nitro benzene ring substituents is 1. The molecule has 0 bridgehead atoms. The Morgan fingerprint density at radius 2 is 1.66 bits per heavy atom. The van der Waals surface area contributed by atoms with E-state index in [4.69, 9.17) is 9.47 Å². The number of nitro benzene ring substituents is 1. The van der Waals surface area contributed by atoms with E-state index >= 15 is 0 Å². The number of carbonyl (C=O) groups is 2. The quantitative estimate of drug-likeness (QED) is 0.196. The molecule has 2 heterocycles. The van der Waals surface area contributed by atoms with Crippen LogP contribution < -0.4 is 9.47 Å². The van der Waals surface area contributed by atoms with Crippen molar-refractivity contribution in [1.29, 1.82) is 0 Å². The highest BCUT2D eigenvalue weighted by molar-refractivity contribution is 6.46. The fourth-order valence-electron chi connectivity index (χ4n) is 4.29. The first-order chi connectivity index (χ1) is 16.9. The summed E-state index contributed by atoms with van der Waals surface area (Å²) >= 11 is 0. The van der Waals surface area contributed by atoms with Gasteiger partial charge in [0.25, 0.3) is 17.4 Å². The molecule has 0 aliphatic carbocycles. The van der Waals surface area contributed by atoms with Crippen LogP contribution in [-0.2, 0) is 16.1 Å². The van der Waals surface area contributed by atoms with Crippen LogP contribution in [0.4, 0.5) is 5.69 Å². The van der Waals surface area contributed by atoms with Crippen LogP contribution in [0.3, 0.4) is 0 Å². The molecule has 0 unspecified atom stereocenters. The van der Waals surface area contributed by atoms with Gasteiger partial charge in [0.05, 0.1) is 16.5 Å². The van der Waals surface area contributed by atoms with Gasteiger partial charge in [0.15, 0.2) is 11.5 Å². The third kappa shape index (κ3) is 4.08. The molecule has 0 saturated carbocycles. The first kappa shape index (κ1) is 22.1. The largest absolute Gasteiger partial charge is 0.507 e. The van der Waals surface area contributed by atoms with E-state index in [1.165, 1.54) is 29.2 Å².